The van der Waals surface area contributed by atoms with Crippen LogP contribution in [0.1, 0.15) is 22.3 Å². The van der Waals surface area contributed by atoms with Gasteiger partial charge in [0, 0.05) is 19.2 Å². The van der Waals surface area contributed by atoms with Gasteiger partial charge in [-0.15, -0.1) is 0 Å². The third kappa shape index (κ3) is 4.05. The van der Waals surface area contributed by atoms with Crippen molar-refractivity contribution in [2.45, 2.75) is 18.9 Å². The minimum atomic E-state index is -1.33. The summed E-state index contributed by atoms with van der Waals surface area (Å²) in [5.41, 5.74) is -0.154. The number of aliphatic hydroxyl groups is 1. The number of benzene rings is 2. The number of likely N-dealkylation sites (tertiary alicyclic amines) is 1. The number of hydrogen-bond donors (Lipinski definition) is 2. The Morgan fingerprint density at radius 1 is 1.14 bits per heavy atom. The first-order chi connectivity index (χ1) is 13.9. The Kier molecular flexibility index (Phi) is 6.08. The number of ether oxygens (including phenoxy) is 2. The third-order valence-corrected chi connectivity index (χ3v) is 5.57. The fourth-order valence-electron chi connectivity index (χ4n) is 3.80. The highest BCUT2D eigenvalue weighted by Gasteiger charge is 2.49. The molecule has 0 aromatic heterocycles. The number of methoxy groups -OCH3 is 2. The quantitative estimate of drug-likeness (QED) is 0.773. The lowest BCUT2D eigenvalue weighted by Crippen LogP contribution is -2.57. The van der Waals surface area contributed by atoms with Gasteiger partial charge in [-0.3, -0.25) is 9.59 Å². The monoisotopic (exact) mass is 399 g/mol. The van der Waals surface area contributed by atoms with Gasteiger partial charge >= 0.3 is 5.97 Å². The van der Waals surface area contributed by atoms with Gasteiger partial charge in [-0.25, -0.2) is 0 Å². The lowest BCUT2D eigenvalue weighted by Gasteiger charge is -2.43. The van der Waals surface area contributed by atoms with E-state index in [9.17, 15) is 19.8 Å². The molecule has 1 heterocycles. The number of carboxylic acids is 1. The predicted octanol–water partition coefficient (Wildman–Crippen LogP) is 2.22. The summed E-state index contributed by atoms with van der Waals surface area (Å²) < 4.78 is 10.5. The van der Waals surface area contributed by atoms with Crippen LogP contribution in [-0.4, -0.2) is 60.4 Å². The molecule has 1 saturated heterocycles. The van der Waals surface area contributed by atoms with Crippen molar-refractivity contribution in [2.24, 2.45) is 5.41 Å². The number of aliphatic carboxylic acids is 1. The van der Waals surface area contributed by atoms with Crippen LogP contribution in [0.4, 0.5) is 0 Å². The second kappa shape index (κ2) is 8.53. The van der Waals surface area contributed by atoms with Gasteiger partial charge in [0.1, 0.15) is 16.9 Å². The van der Waals surface area contributed by atoms with E-state index in [0.717, 1.165) is 5.56 Å². The van der Waals surface area contributed by atoms with Crippen molar-refractivity contribution in [2.75, 3.05) is 27.3 Å². The van der Waals surface area contributed by atoms with Crippen molar-refractivity contribution < 1.29 is 29.3 Å². The van der Waals surface area contributed by atoms with E-state index in [1.165, 1.54) is 19.1 Å². The van der Waals surface area contributed by atoms with E-state index in [4.69, 9.17) is 9.47 Å². The van der Waals surface area contributed by atoms with Crippen molar-refractivity contribution in [1.82, 2.24) is 4.90 Å². The lowest BCUT2D eigenvalue weighted by atomic mass is 9.71. The predicted molar refractivity (Wildman–Crippen MR) is 106 cm³/mol. The van der Waals surface area contributed by atoms with Crippen LogP contribution in [0.25, 0.3) is 0 Å². The Bertz CT molecular complexity index is 884. The Morgan fingerprint density at radius 3 is 2.45 bits per heavy atom. The molecule has 3 rings (SSSR count). The van der Waals surface area contributed by atoms with Crippen LogP contribution in [-0.2, 0) is 11.2 Å². The van der Waals surface area contributed by atoms with E-state index in [0.29, 0.717) is 17.1 Å². The van der Waals surface area contributed by atoms with Crippen LogP contribution in [0.3, 0.4) is 0 Å². The zero-order chi connectivity index (χ0) is 21.0. The fourth-order valence-corrected chi connectivity index (χ4v) is 3.80. The normalized spacial score (nSPS) is 21.5. The van der Waals surface area contributed by atoms with Gasteiger partial charge in [0.15, 0.2) is 0 Å². The van der Waals surface area contributed by atoms with Gasteiger partial charge in [0.25, 0.3) is 5.91 Å². The Hall–Kier alpha value is -3.06. The van der Waals surface area contributed by atoms with Crippen molar-refractivity contribution in [3.8, 4) is 11.5 Å². The maximum Gasteiger partial charge on any atom is 0.312 e. The SMILES string of the molecule is COc1ccc(C(=O)N2CC[C@](Cc3ccccc3)(C(=O)O)[C@H](O)C2)c(OC)c1. The van der Waals surface area contributed by atoms with Gasteiger partial charge in [-0.1, -0.05) is 30.3 Å². The molecule has 2 atom stereocenters. The number of amides is 1. The molecule has 0 aliphatic carbocycles. The van der Waals surface area contributed by atoms with Crippen LogP contribution < -0.4 is 9.47 Å². The van der Waals surface area contributed by atoms with E-state index >= 15 is 0 Å². The standard InChI is InChI=1S/C22H25NO6/c1-28-16-8-9-17(18(12-16)29-2)20(25)23-11-10-22(21(26)27,19(24)14-23)13-15-6-4-3-5-7-15/h3-9,12,19,24H,10-11,13-14H2,1-2H3,(H,26,27)/t19-,22-/m1/s1. The molecule has 0 unspecified atom stereocenters. The van der Waals surface area contributed by atoms with Crippen molar-refractivity contribution >= 4 is 11.9 Å². The summed E-state index contributed by atoms with van der Waals surface area (Å²) in [4.78, 5) is 26.6. The highest BCUT2D eigenvalue weighted by molar-refractivity contribution is 5.97. The van der Waals surface area contributed by atoms with Gasteiger partial charge in [-0.05, 0) is 30.5 Å². The first kappa shape index (κ1) is 20.7. The number of nitrogens with zero attached hydrogens (tertiary/aromatic N) is 1. The number of aliphatic hydroxyl groups excluding tert-OH is 1. The maximum absolute atomic E-state index is 13.0. The summed E-state index contributed by atoms with van der Waals surface area (Å²) in [5.74, 6) is -0.446. The number of β-amino-alcohol motifs (C(OH)–C–C–N with tert-alkyl or cyclic N) is 1. The number of carboxylic acid groups (broad SMARTS) is 1. The molecule has 2 N–H and O–H groups in total. The lowest BCUT2D eigenvalue weighted by molar-refractivity contribution is -0.161. The number of rotatable bonds is 6. The molecule has 1 fully saturated rings. The fraction of sp³-hybridized carbons (Fsp3) is 0.364. The Labute approximate surface area is 169 Å². The van der Waals surface area contributed by atoms with Crippen molar-refractivity contribution in [3.05, 3.63) is 59.7 Å². The van der Waals surface area contributed by atoms with Crippen molar-refractivity contribution in [1.29, 1.82) is 0 Å². The van der Waals surface area contributed by atoms with Crippen LogP contribution >= 0.6 is 0 Å². The molecule has 0 spiro atoms. The number of hydrogen-bond acceptors (Lipinski definition) is 5. The molecule has 29 heavy (non-hydrogen) atoms. The molecule has 0 saturated carbocycles. The van der Waals surface area contributed by atoms with E-state index in [1.54, 1.807) is 18.2 Å². The van der Waals surface area contributed by atoms with Gasteiger partial charge in [0.05, 0.1) is 25.9 Å². The summed E-state index contributed by atoms with van der Waals surface area (Å²) in [6.45, 7) is 0.164. The minimum absolute atomic E-state index is 0.0624. The van der Waals surface area contributed by atoms with Gasteiger partial charge < -0.3 is 24.6 Å². The zero-order valence-corrected chi connectivity index (χ0v) is 16.5. The summed E-state index contributed by atoms with van der Waals surface area (Å²) in [7, 11) is 2.99. The summed E-state index contributed by atoms with van der Waals surface area (Å²) in [6.07, 6.45) is -0.831. The molecular weight excluding hydrogens is 374 g/mol. The minimum Gasteiger partial charge on any atom is -0.497 e. The van der Waals surface area contributed by atoms with Crippen molar-refractivity contribution in [3.63, 3.8) is 0 Å². The first-order valence-corrected chi connectivity index (χ1v) is 9.38. The summed E-state index contributed by atoms with van der Waals surface area (Å²) in [5, 5.41) is 20.7. The first-order valence-electron chi connectivity index (χ1n) is 9.38. The van der Waals surface area contributed by atoms with Crippen LogP contribution in [0, 0.1) is 5.41 Å². The molecule has 1 amide bonds. The van der Waals surface area contributed by atoms with Crippen LogP contribution in [0.15, 0.2) is 48.5 Å². The maximum atomic E-state index is 13.0. The van der Waals surface area contributed by atoms with Gasteiger partial charge in [0.2, 0.25) is 0 Å². The number of carbonyl (C=O) groups excluding carboxylic acids is 1. The largest absolute Gasteiger partial charge is 0.497 e. The third-order valence-electron chi connectivity index (χ3n) is 5.57. The molecule has 7 nitrogen and oxygen atoms in total. The topological polar surface area (TPSA) is 96.3 Å². The zero-order valence-electron chi connectivity index (χ0n) is 16.5. The van der Waals surface area contributed by atoms with E-state index in [-0.39, 0.29) is 31.8 Å². The number of carbonyl (C=O) groups is 2. The highest BCUT2D eigenvalue weighted by Crippen LogP contribution is 2.37. The average molecular weight is 399 g/mol. The molecule has 154 valence electrons. The molecule has 0 bridgehead atoms. The molecule has 0 radical (unpaired) electrons. The number of piperidine rings is 1. The highest BCUT2D eigenvalue weighted by atomic mass is 16.5. The molecule has 7 heteroatoms. The van der Waals surface area contributed by atoms with Gasteiger partial charge in [-0.2, -0.15) is 0 Å². The summed E-state index contributed by atoms with van der Waals surface area (Å²) in [6, 6.07) is 14.1. The molecular formula is C22H25NO6. The van der Waals surface area contributed by atoms with Crippen LogP contribution in [0.2, 0.25) is 0 Å². The Morgan fingerprint density at radius 2 is 1.86 bits per heavy atom. The summed E-state index contributed by atoms with van der Waals surface area (Å²) >= 11 is 0. The smallest absolute Gasteiger partial charge is 0.312 e. The second-order valence-corrected chi connectivity index (χ2v) is 7.21. The average Bonchev–Trinajstić information content (AvgIpc) is 2.74. The molecule has 2 aromatic rings. The molecule has 1 aliphatic rings. The molecule has 1 aliphatic heterocycles. The van der Waals surface area contributed by atoms with E-state index in [1.807, 2.05) is 30.3 Å². The molecule has 2 aromatic carbocycles. The van der Waals surface area contributed by atoms with E-state index < -0.39 is 17.5 Å². The Balaban J connectivity index is 1.81. The second-order valence-electron chi connectivity index (χ2n) is 7.21. The van der Waals surface area contributed by atoms with Crippen LogP contribution in [0.5, 0.6) is 11.5 Å². The van der Waals surface area contributed by atoms with E-state index in [2.05, 4.69) is 0 Å².